The molecule has 0 bridgehead atoms. The highest BCUT2D eigenvalue weighted by Gasteiger charge is 2.11. The Balaban J connectivity index is 2.12. The average molecular weight is 325 g/mol. The van der Waals surface area contributed by atoms with Crippen LogP contribution >= 0.6 is 15.9 Å². The summed E-state index contributed by atoms with van der Waals surface area (Å²) in [6.07, 6.45) is 0. The molecule has 1 N–H and O–H groups in total. The topological polar surface area (TPSA) is 59.7 Å². The van der Waals surface area contributed by atoms with E-state index in [1.165, 1.54) is 6.07 Å². The molecule has 0 saturated heterocycles. The summed E-state index contributed by atoms with van der Waals surface area (Å²) in [5.41, 5.74) is 2.15. The second-order valence-electron chi connectivity index (χ2n) is 4.25. The fraction of sp³-hybridized carbons (Fsp3) is 0.214. The van der Waals surface area contributed by atoms with E-state index in [1.54, 1.807) is 6.07 Å². The monoisotopic (exact) mass is 324 g/mol. The molecule has 1 aromatic carbocycles. The Morgan fingerprint density at radius 1 is 1.37 bits per heavy atom. The molecule has 1 aromatic heterocycles. The van der Waals surface area contributed by atoms with Gasteiger partial charge in [0.05, 0.1) is 4.47 Å². The van der Waals surface area contributed by atoms with Gasteiger partial charge in [0.2, 0.25) is 5.76 Å². The number of aryl methyl sites for hydroxylation is 2. The Hall–Kier alpha value is -1.75. The van der Waals surface area contributed by atoms with Gasteiger partial charge in [0.15, 0.2) is 0 Å². The van der Waals surface area contributed by atoms with Crippen molar-refractivity contribution < 1.29 is 19.1 Å². The number of halogens is 1. The van der Waals surface area contributed by atoms with Crippen molar-refractivity contribution in [3.05, 3.63) is 51.4 Å². The number of hydrogen-bond acceptors (Lipinski definition) is 3. The van der Waals surface area contributed by atoms with Gasteiger partial charge in [0, 0.05) is 0 Å². The summed E-state index contributed by atoms with van der Waals surface area (Å²) in [4.78, 5) is 10.7. The maximum atomic E-state index is 10.7. The van der Waals surface area contributed by atoms with Crippen molar-refractivity contribution in [2.45, 2.75) is 20.5 Å². The molecule has 0 radical (unpaired) electrons. The van der Waals surface area contributed by atoms with Gasteiger partial charge in [-0.1, -0.05) is 6.07 Å². The molecule has 0 spiro atoms. The number of carboxylic acids is 1. The molecule has 19 heavy (non-hydrogen) atoms. The first kappa shape index (κ1) is 13.7. The third kappa shape index (κ3) is 3.17. The number of hydrogen-bond donors (Lipinski definition) is 1. The lowest BCUT2D eigenvalue weighted by molar-refractivity contribution is 0.0658. The van der Waals surface area contributed by atoms with Crippen molar-refractivity contribution in [2.75, 3.05) is 0 Å². The molecule has 0 fully saturated rings. The highest BCUT2D eigenvalue weighted by Crippen LogP contribution is 2.30. The zero-order valence-electron chi connectivity index (χ0n) is 10.6. The fourth-order valence-corrected chi connectivity index (χ4v) is 2.59. The van der Waals surface area contributed by atoms with Crippen LogP contribution in [-0.4, -0.2) is 11.1 Å². The number of furan rings is 1. The molecule has 0 atom stereocenters. The molecule has 0 amide bonds. The van der Waals surface area contributed by atoms with Gasteiger partial charge < -0.3 is 14.3 Å². The van der Waals surface area contributed by atoms with Crippen LogP contribution in [-0.2, 0) is 6.61 Å². The van der Waals surface area contributed by atoms with Gasteiger partial charge in [-0.15, -0.1) is 0 Å². The minimum Gasteiger partial charge on any atom is -0.484 e. The number of carboxylic acid groups (broad SMARTS) is 1. The van der Waals surface area contributed by atoms with E-state index in [1.807, 2.05) is 26.0 Å². The molecule has 100 valence electrons. The lowest BCUT2D eigenvalue weighted by Gasteiger charge is -2.11. The SMILES string of the molecule is Cc1cc(C)c(OCc2ccc(C(=O)O)o2)c(Br)c1. The predicted octanol–water partition coefficient (Wildman–Crippen LogP) is 3.94. The number of rotatable bonds is 4. The van der Waals surface area contributed by atoms with Gasteiger partial charge in [0.25, 0.3) is 0 Å². The first-order valence-corrected chi connectivity index (χ1v) is 6.48. The van der Waals surface area contributed by atoms with Gasteiger partial charge >= 0.3 is 5.97 Å². The number of carbonyl (C=O) groups is 1. The summed E-state index contributed by atoms with van der Waals surface area (Å²) in [5, 5.41) is 8.76. The molecule has 0 unspecified atom stereocenters. The number of ether oxygens (including phenoxy) is 1. The van der Waals surface area contributed by atoms with Gasteiger partial charge in [-0.2, -0.15) is 0 Å². The largest absolute Gasteiger partial charge is 0.484 e. The zero-order chi connectivity index (χ0) is 14.0. The third-order valence-corrected chi connectivity index (χ3v) is 3.19. The van der Waals surface area contributed by atoms with Crippen LogP contribution in [0.15, 0.2) is 33.2 Å². The maximum Gasteiger partial charge on any atom is 0.371 e. The van der Waals surface area contributed by atoms with Crippen LogP contribution in [0, 0.1) is 13.8 Å². The molecule has 4 nitrogen and oxygen atoms in total. The van der Waals surface area contributed by atoms with Crippen molar-refractivity contribution >= 4 is 21.9 Å². The van der Waals surface area contributed by atoms with Crippen LogP contribution < -0.4 is 4.74 Å². The molecule has 0 aliphatic carbocycles. The van der Waals surface area contributed by atoms with Crippen molar-refractivity contribution in [2.24, 2.45) is 0 Å². The molecule has 2 rings (SSSR count). The summed E-state index contributed by atoms with van der Waals surface area (Å²) >= 11 is 3.45. The minimum absolute atomic E-state index is 0.0849. The molecule has 0 saturated carbocycles. The Morgan fingerprint density at radius 3 is 2.68 bits per heavy atom. The molecular formula is C14H13BrO4. The normalized spacial score (nSPS) is 10.5. The van der Waals surface area contributed by atoms with E-state index < -0.39 is 5.97 Å². The Bertz CT molecular complexity index is 593. The fourth-order valence-electron chi connectivity index (χ4n) is 1.80. The second kappa shape index (κ2) is 5.48. The van der Waals surface area contributed by atoms with Gasteiger partial charge in [-0.05, 0) is 59.1 Å². The van der Waals surface area contributed by atoms with E-state index >= 15 is 0 Å². The van der Waals surface area contributed by atoms with Crippen LogP contribution in [0.1, 0.15) is 27.4 Å². The number of benzene rings is 1. The standard InChI is InChI=1S/C14H13BrO4/c1-8-5-9(2)13(11(15)6-8)18-7-10-3-4-12(19-10)14(16)17/h3-6H,7H2,1-2H3,(H,16,17). The smallest absolute Gasteiger partial charge is 0.371 e. The van der Waals surface area contributed by atoms with Gasteiger partial charge in [0.1, 0.15) is 18.1 Å². The van der Waals surface area contributed by atoms with Crippen molar-refractivity contribution in [3.8, 4) is 5.75 Å². The van der Waals surface area contributed by atoms with E-state index in [0.717, 1.165) is 21.3 Å². The van der Waals surface area contributed by atoms with Crippen LogP contribution in [0.2, 0.25) is 0 Å². The minimum atomic E-state index is -1.08. The highest BCUT2D eigenvalue weighted by molar-refractivity contribution is 9.10. The quantitative estimate of drug-likeness (QED) is 0.925. The maximum absolute atomic E-state index is 10.7. The Labute approximate surface area is 119 Å². The highest BCUT2D eigenvalue weighted by atomic mass is 79.9. The predicted molar refractivity (Wildman–Crippen MR) is 73.6 cm³/mol. The van der Waals surface area contributed by atoms with Crippen molar-refractivity contribution in [3.63, 3.8) is 0 Å². The first-order chi connectivity index (χ1) is 8.97. The molecule has 0 aliphatic heterocycles. The summed E-state index contributed by atoms with van der Waals surface area (Å²) in [6.45, 7) is 4.15. The van der Waals surface area contributed by atoms with E-state index in [-0.39, 0.29) is 12.4 Å². The zero-order valence-corrected chi connectivity index (χ0v) is 12.2. The molecule has 0 aliphatic rings. The third-order valence-electron chi connectivity index (χ3n) is 2.60. The second-order valence-corrected chi connectivity index (χ2v) is 5.11. The Morgan fingerprint density at radius 2 is 2.11 bits per heavy atom. The van der Waals surface area contributed by atoms with E-state index in [2.05, 4.69) is 15.9 Å². The van der Waals surface area contributed by atoms with Crippen LogP contribution in [0.4, 0.5) is 0 Å². The van der Waals surface area contributed by atoms with Crippen molar-refractivity contribution in [1.82, 2.24) is 0 Å². The Kier molecular flexibility index (Phi) is 3.95. The van der Waals surface area contributed by atoms with Gasteiger partial charge in [-0.3, -0.25) is 0 Å². The molecule has 2 aromatic rings. The lowest BCUT2D eigenvalue weighted by Crippen LogP contribution is -1.98. The summed E-state index contributed by atoms with van der Waals surface area (Å²) < 4.78 is 11.7. The number of aromatic carboxylic acids is 1. The van der Waals surface area contributed by atoms with Crippen LogP contribution in [0.5, 0.6) is 5.75 Å². The molecule has 5 heteroatoms. The summed E-state index contributed by atoms with van der Waals surface area (Å²) in [7, 11) is 0. The van der Waals surface area contributed by atoms with E-state index in [9.17, 15) is 4.79 Å². The molecule has 1 heterocycles. The molecular weight excluding hydrogens is 312 g/mol. The van der Waals surface area contributed by atoms with Gasteiger partial charge in [-0.25, -0.2) is 4.79 Å². The van der Waals surface area contributed by atoms with E-state index in [4.69, 9.17) is 14.3 Å². The van der Waals surface area contributed by atoms with Crippen LogP contribution in [0.25, 0.3) is 0 Å². The summed E-state index contributed by atoms with van der Waals surface area (Å²) in [5.74, 6) is 0.0420. The average Bonchev–Trinajstić information content (AvgIpc) is 2.76. The van der Waals surface area contributed by atoms with Crippen molar-refractivity contribution in [1.29, 1.82) is 0 Å². The van der Waals surface area contributed by atoms with Crippen LogP contribution in [0.3, 0.4) is 0 Å². The van der Waals surface area contributed by atoms with E-state index in [0.29, 0.717) is 5.76 Å². The summed E-state index contributed by atoms with van der Waals surface area (Å²) in [6, 6.07) is 7.00. The lowest BCUT2D eigenvalue weighted by atomic mass is 10.1. The first-order valence-electron chi connectivity index (χ1n) is 5.69.